The smallest absolute Gasteiger partial charge is 0.239 e. The SMILES string of the molecule is CCN(Cc1ccc(OC)c(F)c1)C(=O)[C@H](N)CCSC. The van der Waals surface area contributed by atoms with Gasteiger partial charge in [-0.1, -0.05) is 6.07 Å². The summed E-state index contributed by atoms with van der Waals surface area (Å²) < 4.78 is 18.6. The summed E-state index contributed by atoms with van der Waals surface area (Å²) in [7, 11) is 1.42. The molecule has 6 heteroatoms. The molecule has 0 spiro atoms. The van der Waals surface area contributed by atoms with Gasteiger partial charge in [-0.2, -0.15) is 11.8 Å². The Bertz CT molecular complexity index is 471. The first-order valence-electron chi connectivity index (χ1n) is 6.89. The van der Waals surface area contributed by atoms with Crippen LogP contribution in [0.4, 0.5) is 4.39 Å². The van der Waals surface area contributed by atoms with Crippen LogP contribution in [0.2, 0.25) is 0 Å². The van der Waals surface area contributed by atoms with Crippen LogP contribution in [0.3, 0.4) is 0 Å². The van der Waals surface area contributed by atoms with Gasteiger partial charge in [0.15, 0.2) is 11.6 Å². The lowest BCUT2D eigenvalue weighted by Gasteiger charge is -2.24. The van der Waals surface area contributed by atoms with Crippen LogP contribution in [-0.4, -0.2) is 42.5 Å². The highest BCUT2D eigenvalue weighted by atomic mass is 32.2. The molecule has 1 rings (SSSR count). The molecule has 0 bridgehead atoms. The predicted molar refractivity (Wildman–Crippen MR) is 85.0 cm³/mol. The van der Waals surface area contributed by atoms with Crippen molar-refractivity contribution >= 4 is 17.7 Å². The molecule has 1 aromatic carbocycles. The summed E-state index contributed by atoms with van der Waals surface area (Å²) in [6.07, 6.45) is 2.63. The van der Waals surface area contributed by atoms with E-state index >= 15 is 0 Å². The molecule has 21 heavy (non-hydrogen) atoms. The Balaban J connectivity index is 2.73. The minimum Gasteiger partial charge on any atom is -0.494 e. The highest BCUT2D eigenvalue weighted by Gasteiger charge is 2.20. The largest absolute Gasteiger partial charge is 0.494 e. The number of carbonyl (C=O) groups is 1. The molecule has 0 aliphatic rings. The monoisotopic (exact) mass is 314 g/mol. The number of benzene rings is 1. The van der Waals surface area contributed by atoms with E-state index in [9.17, 15) is 9.18 Å². The number of nitrogens with two attached hydrogens (primary N) is 1. The van der Waals surface area contributed by atoms with Gasteiger partial charge in [-0.15, -0.1) is 0 Å². The molecule has 0 saturated carbocycles. The molecule has 4 nitrogen and oxygen atoms in total. The van der Waals surface area contributed by atoms with Crippen molar-refractivity contribution in [2.24, 2.45) is 5.73 Å². The Hall–Kier alpha value is -1.27. The van der Waals surface area contributed by atoms with Gasteiger partial charge < -0.3 is 15.4 Å². The highest BCUT2D eigenvalue weighted by molar-refractivity contribution is 7.98. The molecule has 0 saturated heterocycles. The van der Waals surface area contributed by atoms with E-state index in [1.165, 1.54) is 13.2 Å². The van der Waals surface area contributed by atoms with E-state index in [1.54, 1.807) is 28.8 Å². The Morgan fingerprint density at radius 1 is 1.52 bits per heavy atom. The standard InChI is InChI=1S/C15H23FN2O2S/c1-4-18(15(19)13(17)7-8-21-3)10-11-5-6-14(20-2)12(16)9-11/h5-6,9,13H,4,7-8,10,17H2,1-3H3/t13-/m1/s1. The number of amides is 1. The summed E-state index contributed by atoms with van der Waals surface area (Å²) in [4.78, 5) is 13.9. The van der Waals surface area contributed by atoms with Crippen molar-refractivity contribution in [3.05, 3.63) is 29.6 Å². The lowest BCUT2D eigenvalue weighted by atomic mass is 10.1. The maximum absolute atomic E-state index is 13.7. The van der Waals surface area contributed by atoms with E-state index in [1.807, 2.05) is 13.2 Å². The van der Waals surface area contributed by atoms with Crippen molar-refractivity contribution in [1.29, 1.82) is 0 Å². The molecule has 2 N–H and O–H groups in total. The summed E-state index contributed by atoms with van der Waals surface area (Å²) in [5.74, 6) is 0.527. The minimum atomic E-state index is -0.500. The fourth-order valence-electron chi connectivity index (χ4n) is 1.98. The van der Waals surface area contributed by atoms with E-state index in [2.05, 4.69) is 0 Å². The van der Waals surface area contributed by atoms with Crippen molar-refractivity contribution in [2.75, 3.05) is 25.7 Å². The second-order valence-electron chi connectivity index (χ2n) is 4.71. The zero-order valence-corrected chi connectivity index (χ0v) is 13.6. The van der Waals surface area contributed by atoms with Gasteiger partial charge in [0, 0.05) is 13.1 Å². The zero-order chi connectivity index (χ0) is 15.8. The molecule has 0 radical (unpaired) electrons. The third kappa shape index (κ3) is 5.21. The molecule has 0 heterocycles. The van der Waals surface area contributed by atoms with Crippen LogP contribution in [0, 0.1) is 5.82 Å². The molecule has 1 amide bonds. The maximum Gasteiger partial charge on any atom is 0.239 e. The van der Waals surface area contributed by atoms with Crippen molar-refractivity contribution in [3.63, 3.8) is 0 Å². The number of ether oxygens (including phenoxy) is 1. The normalized spacial score (nSPS) is 12.0. The molecular formula is C15H23FN2O2S. The second kappa shape index (κ2) is 8.89. The number of carbonyl (C=O) groups excluding carboxylic acids is 1. The molecular weight excluding hydrogens is 291 g/mol. The van der Waals surface area contributed by atoms with Gasteiger partial charge in [0.05, 0.1) is 13.2 Å². The van der Waals surface area contributed by atoms with E-state index in [4.69, 9.17) is 10.5 Å². The second-order valence-corrected chi connectivity index (χ2v) is 5.69. The molecule has 0 aliphatic carbocycles. The number of hydrogen-bond acceptors (Lipinski definition) is 4. The third-order valence-corrected chi connectivity index (χ3v) is 3.88. The van der Waals surface area contributed by atoms with Crippen LogP contribution in [0.15, 0.2) is 18.2 Å². The van der Waals surface area contributed by atoms with Gasteiger partial charge >= 0.3 is 0 Å². The first kappa shape index (κ1) is 17.8. The number of nitrogens with zero attached hydrogens (tertiary/aromatic N) is 1. The third-order valence-electron chi connectivity index (χ3n) is 3.23. The maximum atomic E-state index is 13.7. The highest BCUT2D eigenvalue weighted by Crippen LogP contribution is 2.19. The number of hydrogen-bond donors (Lipinski definition) is 1. The minimum absolute atomic E-state index is 0.0947. The van der Waals surface area contributed by atoms with Gasteiger partial charge in [0.1, 0.15) is 0 Å². The first-order valence-corrected chi connectivity index (χ1v) is 8.28. The number of thioether (sulfide) groups is 1. The molecule has 0 aromatic heterocycles. The van der Waals surface area contributed by atoms with Crippen molar-refractivity contribution in [2.45, 2.75) is 25.9 Å². The molecule has 0 fully saturated rings. The molecule has 118 valence electrons. The fourth-order valence-corrected chi connectivity index (χ4v) is 2.47. The van der Waals surface area contributed by atoms with Crippen LogP contribution in [0.25, 0.3) is 0 Å². The van der Waals surface area contributed by atoms with Crippen LogP contribution in [0.1, 0.15) is 18.9 Å². The van der Waals surface area contributed by atoms with Crippen molar-refractivity contribution in [3.8, 4) is 5.75 Å². The molecule has 1 aromatic rings. The van der Waals surface area contributed by atoms with Crippen molar-refractivity contribution < 1.29 is 13.9 Å². The number of methoxy groups -OCH3 is 1. The lowest BCUT2D eigenvalue weighted by molar-refractivity contribution is -0.133. The van der Waals surface area contributed by atoms with Gasteiger partial charge in [0.2, 0.25) is 5.91 Å². The van der Waals surface area contributed by atoms with Crippen molar-refractivity contribution in [1.82, 2.24) is 4.90 Å². The lowest BCUT2D eigenvalue weighted by Crippen LogP contribution is -2.43. The summed E-state index contributed by atoms with van der Waals surface area (Å²) >= 11 is 1.66. The van der Waals surface area contributed by atoms with E-state index < -0.39 is 11.9 Å². The average molecular weight is 314 g/mol. The number of rotatable bonds is 8. The first-order chi connectivity index (χ1) is 10.0. The zero-order valence-electron chi connectivity index (χ0n) is 12.8. The van der Waals surface area contributed by atoms with Gasteiger partial charge in [-0.25, -0.2) is 4.39 Å². The summed E-state index contributed by atoms with van der Waals surface area (Å²) in [6, 6.07) is 4.21. The van der Waals surface area contributed by atoms with E-state index in [0.29, 0.717) is 19.5 Å². The predicted octanol–water partition coefficient (Wildman–Crippen LogP) is 2.26. The van der Waals surface area contributed by atoms with Gasteiger partial charge in [0.25, 0.3) is 0 Å². The quantitative estimate of drug-likeness (QED) is 0.800. The van der Waals surface area contributed by atoms with Gasteiger partial charge in [-0.3, -0.25) is 4.79 Å². The Kier molecular flexibility index (Phi) is 7.53. The summed E-state index contributed by atoms with van der Waals surface area (Å²) in [5.41, 5.74) is 6.63. The fraction of sp³-hybridized carbons (Fsp3) is 0.533. The Morgan fingerprint density at radius 2 is 2.24 bits per heavy atom. The van der Waals surface area contributed by atoms with Crippen LogP contribution < -0.4 is 10.5 Å². The van der Waals surface area contributed by atoms with E-state index in [0.717, 1.165) is 11.3 Å². The van der Waals surface area contributed by atoms with Crippen LogP contribution in [0.5, 0.6) is 5.75 Å². The Morgan fingerprint density at radius 3 is 2.76 bits per heavy atom. The molecule has 0 unspecified atom stereocenters. The summed E-state index contributed by atoms with van der Waals surface area (Å²) in [6.45, 7) is 2.78. The summed E-state index contributed by atoms with van der Waals surface area (Å²) in [5, 5.41) is 0. The van der Waals surface area contributed by atoms with Crippen LogP contribution >= 0.6 is 11.8 Å². The average Bonchev–Trinajstić information content (AvgIpc) is 2.49. The topological polar surface area (TPSA) is 55.6 Å². The molecule has 0 aliphatic heterocycles. The van der Waals surface area contributed by atoms with Crippen LogP contribution in [-0.2, 0) is 11.3 Å². The van der Waals surface area contributed by atoms with Gasteiger partial charge in [-0.05, 0) is 43.0 Å². The number of halogens is 1. The number of likely N-dealkylation sites (N-methyl/N-ethyl adjacent to an activating group) is 1. The Labute approximate surface area is 129 Å². The van der Waals surface area contributed by atoms with E-state index in [-0.39, 0.29) is 11.7 Å². The molecule has 1 atom stereocenters.